The van der Waals surface area contributed by atoms with Gasteiger partial charge in [-0.1, -0.05) is 29.8 Å². The van der Waals surface area contributed by atoms with Crippen LogP contribution in [0.25, 0.3) is 0 Å². The molecule has 20 heavy (non-hydrogen) atoms. The highest BCUT2D eigenvalue weighted by Gasteiger charge is 2.09. The smallest absolute Gasteiger partial charge is 0.331 e. The Hall–Kier alpha value is -2.34. The SMILES string of the molecule is O=C(O)Cn1c(=O)ccn(Cc2ccccc2Cl)c1=O. The van der Waals surface area contributed by atoms with Crippen molar-refractivity contribution < 1.29 is 9.90 Å². The molecule has 0 bridgehead atoms. The summed E-state index contributed by atoms with van der Waals surface area (Å²) < 4.78 is 1.91. The minimum absolute atomic E-state index is 0.165. The standard InChI is InChI=1S/C13H11ClN2O4/c14-10-4-2-1-3-9(10)7-15-6-5-11(17)16(13(15)20)8-12(18)19/h1-6H,7-8H2,(H,18,19). The lowest BCUT2D eigenvalue weighted by Crippen LogP contribution is -2.40. The van der Waals surface area contributed by atoms with Crippen molar-refractivity contribution in [2.75, 3.05) is 0 Å². The van der Waals surface area contributed by atoms with Crippen LogP contribution in [0.15, 0.2) is 46.1 Å². The van der Waals surface area contributed by atoms with E-state index in [2.05, 4.69) is 0 Å². The van der Waals surface area contributed by atoms with Crippen LogP contribution in [0.4, 0.5) is 0 Å². The highest BCUT2D eigenvalue weighted by molar-refractivity contribution is 6.31. The zero-order valence-corrected chi connectivity index (χ0v) is 11.1. The van der Waals surface area contributed by atoms with Crippen LogP contribution in [0.3, 0.4) is 0 Å². The quantitative estimate of drug-likeness (QED) is 0.904. The van der Waals surface area contributed by atoms with Crippen molar-refractivity contribution >= 4 is 17.6 Å². The van der Waals surface area contributed by atoms with E-state index in [0.29, 0.717) is 15.2 Å². The molecule has 0 unspecified atom stereocenters. The topological polar surface area (TPSA) is 81.3 Å². The van der Waals surface area contributed by atoms with Crippen molar-refractivity contribution in [2.45, 2.75) is 13.1 Å². The van der Waals surface area contributed by atoms with Crippen LogP contribution in [0, 0.1) is 0 Å². The number of rotatable bonds is 4. The van der Waals surface area contributed by atoms with Gasteiger partial charge in [0.1, 0.15) is 6.54 Å². The molecule has 0 spiro atoms. The van der Waals surface area contributed by atoms with E-state index in [-0.39, 0.29) is 6.54 Å². The largest absolute Gasteiger partial charge is 0.480 e. The summed E-state index contributed by atoms with van der Waals surface area (Å²) in [5.41, 5.74) is -0.621. The fourth-order valence-electron chi connectivity index (χ4n) is 1.77. The lowest BCUT2D eigenvalue weighted by molar-refractivity contribution is -0.137. The maximum absolute atomic E-state index is 12.1. The normalized spacial score (nSPS) is 10.4. The summed E-state index contributed by atoms with van der Waals surface area (Å²) >= 11 is 6.00. The van der Waals surface area contributed by atoms with Gasteiger partial charge < -0.3 is 5.11 Å². The highest BCUT2D eigenvalue weighted by atomic mass is 35.5. The van der Waals surface area contributed by atoms with E-state index < -0.39 is 23.8 Å². The Morgan fingerprint density at radius 2 is 1.90 bits per heavy atom. The molecule has 1 aromatic heterocycles. The van der Waals surface area contributed by atoms with Crippen LogP contribution in [0.2, 0.25) is 5.02 Å². The predicted molar refractivity (Wildman–Crippen MR) is 73.2 cm³/mol. The Bertz CT molecular complexity index is 763. The summed E-state index contributed by atoms with van der Waals surface area (Å²) in [5.74, 6) is -1.25. The second-order valence-corrected chi connectivity index (χ2v) is 4.54. The molecule has 7 heteroatoms. The van der Waals surface area contributed by atoms with Gasteiger partial charge in [-0.3, -0.25) is 14.2 Å². The second-order valence-electron chi connectivity index (χ2n) is 4.14. The number of nitrogens with zero attached hydrogens (tertiary/aromatic N) is 2. The van der Waals surface area contributed by atoms with Crippen molar-refractivity contribution in [3.63, 3.8) is 0 Å². The number of carboxylic acid groups (broad SMARTS) is 1. The zero-order chi connectivity index (χ0) is 14.7. The van der Waals surface area contributed by atoms with Gasteiger partial charge in [-0.05, 0) is 11.6 Å². The third kappa shape index (κ3) is 2.97. The molecule has 1 aromatic carbocycles. The summed E-state index contributed by atoms with van der Waals surface area (Å²) in [6, 6.07) is 8.14. The summed E-state index contributed by atoms with van der Waals surface area (Å²) in [7, 11) is 0. The number of halogens is 1. The molecule has 2 aromatic rings. The molecule has 0 aliphatic carbocycles. The summed E-state index contributed by atoms with van der Waals surface area (Å²) in [6.07, 6.45) is 1.33. The Balaban J connectivity index is 2.44. The Morgan fingerprint density at radius 3 is 2.55 bits per heavy atom. The lowest BCUT2D eigenvalue weighted by Gasteiger charge is -2.09. The molecule has 0 aliphatic heterocycles. The fraction of sp³-hybridized carbons (Fsp3) is 0.154. The van der Waals surface area contributed by atoms with Crippen molar-refractivity contribution in [3.05, 3.63) is 68.0 Å². The van der Waals surface area contributed by atoms with Crippen LogP contribution in [0.5, 0.6) is 0 Å². The Labute approximate surface area is 118 Å². The van der Waals surface area contributed by atoms with Crippen molar-refractivity contribution in [2.24, 2.45) is 0 Å². The zero-order valence-electron chi connectivity index (χ0n) is 10.3. The number of hydrogen-bond donors (Lipinski definition) is 1. The van der Waals surface area contributed by atoms with Gasteiger partial charge in [0, 0.05) is 17.3 Å². The number of benzene rings is 1. The third-order valence-electron chi connectivity index (χ3n) is 2.73. The van der Waals surface area contributed by atoms with E-state index in [0.717, 1.165) is 6.07 Å². The van der Waals surface area contributed by atoms with Crippen molar-refractivity contribution in [3.8, 4) is 0 Å². The van der Waals surface area contributed by atoms with Crippen molar-refractivity contribution in [1.82, 2.24) is 9.13 Å². The Morgan fingerprint density at radius 1 is 1.20 bits per heavy atom. The molecule has 0 saturated heterocycles. The summed E-state index contributed by atoms with van der Waals surface area (Å²) in [5, 5.41) is 9.21. The number of aliphatic carboxylic acids is 1. The van der Waals surface area contributed by atoms with Gasteiger partial charge in [0.05, 0.1) is 6.54 Å². The van der Waals surface area contributed by atoms with E-state index in [1.165, 1.54) is 10.8 Å². The van der Waals surface area contributed by atoms with Crippen molar-refractivity contribution in [1.29, 1.82) is 0 Å². The van der Waals surface area contributed by atoms with Gasteiger partial charge in [-0.25, -0.2) is 9.36 Å². The van der Waals surface area contributed by atoms with Gasteiger partial charge in [-0.15, -0.1) is 0 Å². The third-order valence-corrected chi connectivity index (χ3v) is 3.10. The molecule has 104 valence electrons. The molecule has 0 atom stereocenters. The fourth-order valence-corrected chi connectivity index (χ4v) is 1.96. The molecule has 1 heterocycles. The van der Waals surface area contributed by atoms with Gasteiger partial charge in [0.15, 0.2) is 0 Å². The monoisotopic (exact) mass is 294 g/mol. The first-order valence-corrected chi connectivity index (χ1v) is 6.12. The van der Waals surface area contributed by atoms with E-state index in [1.807, 2.05) is 0 Å². The minimum Gasteiger partial charge on any atom is -0.480 e. The molecule has 1 N–H and O–H groups in total. The molecule has 2 rings (SSSR count). The molecule has 0 amide bonds. The summed E-state index contributed by atoms with van der Waals surface area (Å²) in [4.78, 5) is 34.2. The van der Waals surface area contributed by atoms with Crippen LogP contribution < -0.4 is 11.2 Å². The molecule has 6 nitrogen and oxygen atoms in total. The second kappa shape index (κ2) is 5.75. The average Bonchev–Trinajstić information content (AvgIpc) is 2.40. The van der Waals surface area contributed by atoms with Gasteiger partial charge in [0.2, 0.25) is 0 Å². The first kappa shape index (κ1) is 14.1. The lowest BCUT2D eigenvalue weighted by atomic mass is 10.2. The molecule has 0 aliphatic rings. The number of hydrogen-bond acceptors (Lipinski definition) is 3. The van der Waals surface area contributed by atoms with Crippen LogP contribution in [-0.2, 0) is 17.9 Å². The van der Waals surface area contributed by atoms with E-state index >= 15 is 0 Å². The van der Waals surface area contributed by atoms with Gasteiger partial charge in [0.25, 0.3) is 5.56 Å². The van der Waals surface area contributed by atoms with Crippen LogP contribution >= 0.6 is 11.6 Å². The van der Waals surface area contributed by atoms with Gasteiger partial charge in [-0.2, -0.15) is 0 Å². The van der Waals surface area contributed by atoms with Crippen LogP contribution in [-0.4, -0.2) is 20.2 Å². The average molecular weight is 295 g/mol. The number of carboxylic acids is 1. The molecular weight excluding hydrogens is 284 g/mol. The molecule has 0 radical (unpaired) electrons. The molecule has 0 saturated carbocycles. The van der Waals surface area contributed by atoms with Crippen LogP contribution in [0.1, 0.15) is 5.56 Å². The first-order chi connectivity index (χ1) is 9.49. The van der Waals surface area contributed by atoms with E-state index in [9.17, 15) is 14.4 Å². The highest BCUT2D eigenvalue weighted by Crippen LogP contribution is 2.15. The predicted octanol–water partition coefficient (Wildman–Crippen LogP) is 0.796. The Kier molecular flexibility index (Phi) is 4.05. The first-order valence-electron chi connectivity index (χ1n) is 5.74. The van der Waals surface area contributed by atoms with Gasteiger partial charge >= 0.3 is 11.7 Å². The number of carbonyl (C=O) groups is 1. The maximum Gasteiger partial charge on any atom is 0.331 e. The molecular formula is C13H11ClN2O4. The minimum atomic E-state index is -1.25. The molecule has 0 fully saturated rings. The summed E-state index contributed by atoms with van der Waals surface area (Å²) in [6.45, 7) is -0.501. The maximum atomic E-state index is 12.1. The van der Waals surface area contributed by atoms with E-state index in [4.69, 9.17) is 16.7 Å². The number of aromatic nitrogens is 2. The van der Waals surface area contributed by atoms with E-state index in [1.54, 1.807) is 24.3 Å².